The minimum absolute atomic E-state index is 0.0611. The van der Waals surface area contributed by atoms with E-state index in [1.807, 2.05) is 0 Å². The molecule has 0 aliphatic carbocycles. The topological polar surface area (TPSA) is 106 Å². The van der Waals surface area contributed by atoms with Crippen molar-refractivity contribution in [3.8, 4) is 51.6 Å². The maximum absolute atomic E-state index is 13.4. The fourth-order valence-corrected chi connectivity index (χ4v) is 3.25. The van der Waals surface area contributed by atoms with Crippen LogP contribution in [0.3, 0.4) is 0 Å². The molecule has 0 amide bonds. The van der Waals surface area contributed by atoms with Gasteiger partial charge in [-0.15, -0.1) is 0 Å². The van der Waals surface area contributed by atoms with Crippen LogP contribution in [0.1, 0.15) is 0 Å². The van der Waals surface area contributed by atoms with Gasteiger partial charge in [0.2, 0.25) is 28.4 Å². The third-order valence-electron chi connectivity index (χ3n) is 4.59. The lowest BCUT2D eigenvalue weighted by Gasteiger charge is -2.19. The standard InChI is InChI=1S/C21H22O9/c1-24-12-9-10(7-8-11(12)22)15-18(26-3)14(23)13-16(25-2)19(27-4)21(29-6)20(28-5)17(13)30-15/h7-9,22H,1-6H3. The lowest BCUT2D eigenvalue weighted by atomic mass is 10.1. The molecule has 0 atom stereocenters. The average Bonchev–Trinajstić information content (AvgIpc) is 2.77. The van der Waals surface area contributed by atoms with Crippen LogP contribution in [0.5, 0.6) is 40.2 Å². The predicted molar refractivity (Wildman–Crippen MR) is 109 cm³/mol. The van der Waals surface area contributed by atoms with Crippen molar-refractivity contribution >= 4 is 11.0 Å². The quantitative estimate of drug-likeness (QED) is 0.619. The van der Waals surface area contributed by atoms with E-state index in [1.54, 1.807) is 6.07 Å². The van der Waals surface area contributed by atoms with Crippen molar-refractivity contribution in [2.45, 2.75) is 0 Å². The summed E-state index contributed by atoms with van der Waals surface area (Å²) in [6.45, 7) is 0. The Bertz CT molecular complexity index is 1150. The number of rotatable bonds is 7. The zero-order chi connectivity index (χ0) is 22.0. The Balaban J connectivity index is 2.52. The molecular formula is C21H22O9. The van der Waals surface area contributed by atoms with Crippen molar-refractivity contribution in [2.24, 2.45) is 0 Å². The number of benzene rings is 2. The monoisotopic (exact) mass is 418 g/mol. The van der Waals surface area contributed by atoms with Crippen LogP contribution >= 0.6 is 0 Å². The van der Waals surface area contributed by atoms with E-state index in [9.17, 15) is 9.90 Å². The van der Waals surface area contributed by atoms with E-state index in [0.717, 1.165) is 0 Å². The number of phenols is 1. The second kappa shape index (κ2) is 8.32. The summed E-state index contributed by atoms with van der Waals surface area (Å²) in [5.41, 5.74) is 0.0213. The van der Waals surface area contributed by atoms with Crippen LogP contribution in [0.25, 0.3) is 22.3 Å². The molecule has 0 aliphatic heterocycles. The van der Waals surface area contributed by atoms with Gasteiger partial charge in [0.25, 0.3) is 0 Å². The van der Waals surface area contributed by atoms with Gasteiger partial charge in [-0.25, -0.2) is 0 Å². The molecule has 0 saturated carbocycles. The van der Waals surface area contributed by atoms with Gasteiger partial charge in [-0.05, 0) is 18.2 Å². The lowest BCUT2D eigenvalue weighted by Crippen LogP contribution is -2.11. The minimum Gasteiger partial charge on any atom is -0.504 e. The largest absolute Gasteiger partial charge is 0.504 e. The summed E-state index contributed by atoms with van der Waals surface area (Å²) in [5, 5.41) is 9.96. The number of ether oxygens (including phenoxy) is 6. The average molecular weight is 418 g/mol. The van der Waals surface area contributed by atoms with Crippen molar-refractivity contribution < 1.29 is 37.9 Å². The smallest absolute Gasteiger partial charge is 0.239 e. The molecule has 2 aromatic carbocycles. The number of hydrogen-bond acceptors (Lipinski definition) is 9. The fourth-order valence-electron chi connectivity index (χ4n) is 3.25. The molecule has 3 aromatic rings. The Morgan fingerprint density at radius 3 is 1.83 bits per heavy atom. The molecule has 9 nitrogen and oxygen atoms in total. The maximum atomic E-state index is 13.4. The van der Waals surface area contributed by atoms with Crippen LogP contribution in [0, 0.1) is 0 Å². The van der Waals surface area contributed by atoms with Gasteiger partial charge in [-0.1, -0.05) is 0 Å². The Morgan fingerprint density at radius 2 is 1.30 bits per heavy atom. The second-order valence-corrected chi connectivity index (χ2v) is 6.02. The Hall–Kier alpha value is -3.75. The van der Waals surface area contributed by atoms with Gasteiger partial charge in [-0.2, -0.15) is 0 Å². The molecule has 0 spiro atoms. The van der Waals surface area contributed by atoms with Crippen molar-refractivity contribution in [3.05, 3.63) is 28.4 Å². The minimum atomic E-state index is -0.503. The normalized spacial score (nSPS) is 10.6. The summed E-state index contributed by atoms with van der Waals surface area (Å²) in [5.74, 6) is 0.834. The highest BCUT2D eigenvalue weighted by Crippen LogP contribution is 2.51. The Morgan fingerprint density at radius 1 is 0.733 bits per heavy atom. The summed E-state index contributed by atoms with van der Waals surface area (Å²) < 4.78 is 38.4. The van der Waals surface area contributed by atoms with Crippen molar-refractivity contribution in [3.63, 3.8) is 0 Å². The van der Waals surface area contributed by atoms with Crippen LogP contribution in [0.15, 0.2) is 27.4 Å². The van der Waals surface area contributed by atoms with Crippen LogP contribution in [0.4, 0.5) is 0 Å². The molecule has 0 bridgehead atoms. The number of fused-ring (bicyclic) bond motifs is 1. The molecule has 160 valence electrons. The van der Waals surface area contributed by atoms with Crippen molar-refractivity contribution in [1.29, 1.82) is 0 Å². The molecule has 0 radical (unpaired) electrons. The first-order valence-electron chi connectivity index (χ1n) is 8.75. The molecule has 0 aliphatic rings. The molecule has 0 saturated heterocycles. The van der Waals surface area contributed by atoms with Gasteiger partial charge in [0.15, 0.2) is 28.6 Å². The summed E-state index contributed by atoms with van der Waals surface area (Å²) in [6.07, 6.45) is 0. The van der Waals surface area contributed by atoms with E-state index < -0.39 is 5.43 Å². The van der Waals surface area contributed by atoms with Gasteiger partial charge < -0.3 is 37.9 Å². The molecular weight excluding hydrogens is 396 g/mol. The van der Waals surface area contributed by atoms with E-state index in [2.05, 4.69) is 0 Å². The van der Waals surface area contributed by atoms with Crippen molar-refractivity contribution in [1.82, 2.24) is 0 Å². The number of aromatic hydroxyl groups is 1. The van der Waals surface area contributed by atoms with E-state index in [1.165, 1.54) is 54.8 Å². The molecule has 1 aromatic heterocycles. The molecule has 0 fully saturated rings. The number of hydrogen-bond donors (Lipinski definition) is 1. The van der Waals surface area contributed by atoms with Crippen LogP contribution < -0.4 is 33.8 Å². The summed E-state index contributed by atoms with van der Waals surface area (Å²) >= 11 is 0. The van der Waals surface area contributed by atoms with E-state index in [4.69, 9.17) is 32.8 Å². The number of methoxy groups -OCH3 is 6. The van der Waals surface area contributed by atoms with E-state index in [0.29, 0.717) is 5.56 Å². The van der Waals surface area contributed by atoms with Crippen LogP contribution in [-0.4, -0.2) is 47.8 Å². The van der Waals surface area contributed by atoms with Crippen LogP contribution in [-0.2, 0) is 0 Å². The van der Waals surface area contributed by atoms with Gasteiger partial charge in [0, 0.05) is 5.56 Å². The maximum Gasteiger partial charge on any atom is 0.239 e. The molecule has 1 N–H and O–H groups in total. The molecule has 30 heavy (non-hydrogen) atoms. The van der Waals surface area contributed by atoms with E-state index >= 15 is 0 Å². The van der Waals surface area contributed by atoms with Gasteiger partial charge >= 0.3 is 0 Å². The molecule has 3 rings (SSSR count). The van der Waals surface area contributed by atoms with Crippen LogP contribution in [0.2, 0.25) is 0 Å². The molecule has 0 unspecified atom stereocenters. The Labute approximate surface area is 172 Å². The van der Waals surface area contributed by atoms with Gasteiger partial charge in [-0.3, -0.25) is 4.79 Å². The SMILES string of the molecule is COc1cc(-c2oc3c(OC)c(OC)c(OC)c(OC)c3c(=O)c2OC)ccc1O. The van der Waals surface area contributed by atoms with Crippen molar-refractivity contribution in [2.75, 3.05) is 42.7 Å². The fraction of sp³-hybridized carbons (Fsp3) is 0.286. The second-order valence-electron chi connectivity index (χ2n) is 6.02. The zero-order valence-corrected chi connectivity index (χ0v) is 17.4. The number of phenolic OH excluding ortho intramolecular Hbond substituents is 1. The highest BCUT2D eigenvalue weighted by Gasteiger charge is 2.30. The van der Waals surface area contributed by atoms with Gasteiger partial charge in [0.1, 0.15) is 5.39 Å². The van der Waals surface area contributed by atoms with E-state index in [-0.39, 0.29) is 57.0 Å². The molecule has 1 heterocycles. The summed E-state index contributed by atoms with van der Waals surface area (Å²) in [7, 11) is 8.42. The first-order valence-corrected chi connectivity index (χ1v) is 8.75. The third-order valence-corrected chi connectivity index (χ3v) is 4.59. The predicted octanol–water partition coefficient (Wildman–Crippen LogP) is 3.22. The van der Waals surface area contributed by atoms with Gasteiger partial charge in [0.05, 0.1) is 42.7 Å². The first-order chi connectivity index (χ1) is 14.5. The lowest BCUT2D eigenvalue weighted by molar-refractivity contribution is 0.306. The highest BCUT2D eigenvalue weighted by atomic mass is 16.5. The molecule has 9 heteroatoms. The first kappa shape index (κ1) is 21.0. The summed E-state index contributed by atoms with van der Waals surface area (Å²) in [4.78, 5) is 13.4. The summed E-state index contributed by atoms with van der Waals surface area (Å²) in [6, 6.07) is 4.51. The Kier molecular flexibility index (Phi) is 5.81. The zero-order valence-electron chi connectivity index (χ0n) is 17.4. The highest BCUT2D eigenvalue weighted by molar-refractivity contribution is 5.97. The third kappa shape index (κ3) is 3.08.